The van der Waals surface area contributed by atoms with Gasteiger partial charge in [-0.25, -0.2) is 4.98 Å². The van der Waals surface area contributed by atoms with Gasteiger partial charge in [-0.1, -0.05) is 11.6 Å². The molecular weight excluding hydrogens is 322 g/mol. The Bertz CT molecular complexity index is 598. The van der Waals surface area contributed by atoms with Crippen LogP contribution in [-0.4, -0.2) is 23.5 Å². The number of amides is 1. The Labute approximate surface area is 148 Å². The number of hydrogen-bond acceptors (Lipinski definition) is 3. The van der Waals surface area contributed by atoms with Gasteiger partial charge in [-0.3, -0.25) is 4.79 Å². The van der Waals surface area contributed by atoms with E-state index in [9.17, 15) is 4.79 Å². The standard InChI is InChI=1S/C19H26ClN3O/c1-12(19-8-13-5-14(9-19)7-15(6-13)10-19)22-11-17(24)23-16-3-2-4-21-18(16)20/h2-4,12-15,22H,5-11H2,1H3,(H,23,24)/t12-,13?,14?,15?,19?/m1/s1. The average Bonchev–Trinajstić information content (AvgIpc) is 2.53. The predicted molar refractivity (Wildman–Crippen MR) is 95.9 cm³/mol. The lowest BCUT2D eigenvalue weighted by Gasteiger charge is -2.59. The summed E-state index contributed by atoms with van der Waals surface area (Å²) in [6.07, 6.45) is 10.0. The topological polar surface area (TPSA) is 54.0 Å². The van der Waals surface area contributed by atoms with Crippen molar-refractivity contribution in [2.45, 2.75) is 51.5 Å². The highest BCUT2D eigenvalue weighted by Gasteiger charge is 2.52. The number of rotatable bonds is 5. The zero-order valence-electron chi connectivity index (χ0n) is 14.2. The molecule has 4 aliphatic rings. The number of carbonyl (C=O) groups excluding carboxylic acids is 1. The summed E-state index contributed by atoms with van der Waals surface area (Å²) in [6, 6.07) is 3.93. The first kappa shape index (κ1) is 16.3. The van der Waals surface area contributed by atoms with Crippen LogP contribution in [0.2, 0.25) is 5.15 Å². The molecule has 4 saturated carbocycles. The molecule has 0 radical (unpaired) electrons. The number of aromatic nitrogens is 1. The number of nitrogens with one attached hydrogen (secondary N) is 2. The second-order valence-corrected chi connectivity index (χ2v) is 8.63. The van der Waals surface area contributed by atoms with Crippen molar-refractivity contribution in [3.63, 3.8) is 0 Å². The number of carbonyl (C=O) groups is 1. The van der Waals surface area contributed by atoms with E-state index in [1.165, 1.54) is 38.5 Å². The van der Waals surface area contributed by atoms with E-state index in [2.05, 4.69) is 22.5 Å². The second-order valence-electron chi connectivity index (χ2n) is 8.27. The first-order chi connectivity index (χ1) is 11.5. The number of pyridine rings is 1. The highest BCUT2D eigenvalue weighted by molar-refractivity contribution is 6.32. The van der Waals surface area contributed by atoms with Gasteiger partial charge >= 0.3 is 0 Å². The molecule has 0 aromatic carbocycles. The van der Waals surface area contributed by atoms with Crippen molar-refractivity contribution in [1.82, 2.24) is 10.3 Å². The van der Waals surface area contributed by atoms with Crippen molar-refractivity contribution in [2.24, 2.45) is 23.2 Å². The van der Waals surface area contributed by atoms with Crippen LogP contribution in [0.15, 0.2) is 18.3 Å². The molecule has 4 bridgehead atoms. The van der Waals surface area contributed by atoms with Crippen LogP contribution in [-0.2, 0) is 4.79 Å². The smallest absolute Gasteiger partial charge is 0.238 e. The molecule has 0 aliphatic heterocycles. The van der Waals surface area contributed by atoms with E-state index in [0.29, 0.717) is 28.8 Å². The Morgan fingerprint density at radius 3 is 2.50 bits per heavy atom. The van der Waals surface area contributed by atoms with Crippen LogP contribution in [0.4, 0.5) is 5.69 Å². The minimum absolute atomic E-state index is 0.0542. The molecule has 0 saturated heterocycles. The monoisotopic (exact) mass is 347 g/mol. The molecule has 24 heavy (non-hydrogen) atoms. The van der Waals surface area contributed by atoms with E-state index >= 15 is 0 Å². The highest BCUT2D eigenvalue weighted by Crippen LogP contribution is 2.61. The Morgan fingerprint density at radius 1 is 1.29 bits per heavy atom. The Hall–Kier alpha value is -1.13. The largest absolute Gasteiger partial charge is 0.322 e. The zero-order chi connectivity index (χ0) is 16.7. The number of halogens is 1. The molecule has 4 nitrogen and oxygen atoms in total. The molecule has 1 atom stereocenters. The molecule has 2 N–H and O–H groups in total. The Kier molecular flexibility index (Phi) is 4.29. The molecule has 1 amide bonds. The van der Waals surface area contributed by atoms with Crippen LogP contribution in [0.3, 0.4) is 0 Å². The van der Waals surface area contributed by atoms with Crippen molar-refractivity contribution in [3.8, 4) is 0 Å². The normalized spacial score (nSPS) is 35.0. The van der Waals surface area contributed by atoms with Gasteiger partial charge in [-0.15, -0.1) is 0 Å². The quantitative estimate of drug-likeness (QED) is 0.795. The van der Waals surface area contributed by atoms with E-state index in [1.54, 1.807) is 18.3 Å². The Morgan fingerprint density at radius 2 is 1.92 bits per heavy atom. The summed E-state index contributed by atoms with van der Waals surface area (Å²) in [5.41, 5.74) is 0.995. The van der Waals surface area contributed by atoms with Gasteiger partial charge in [0.25, 0.3) is 0 Å². The van der Waals surface area contributed by atoms with E-state index in [4.69, 9.17) is 11.6 Å². The molecular formula is C19H26ClN3O. The maximum atomic E-state index is 12.2. The van der Waals surface area contributed by atoms with Crippen LogP contribution < -0.4 is 10.6 Å². The Balaban J connectivity index is 1.34. The van der Waals surface area contributed by atoms with Crippen molar-refractivity contribution >= 4 is 23.2 Å². The van der Waals surface area contributed by atoms with Gasteiger partial charge < -0.3 is 10.6 Å². The summed E-state index contributed by atoms with van der Waals surface area (Å²) in [7, 11) is 0. The summed E-state index contributed by atoms with van der Waals surface area (Å²) in [5.74, 6) is 2.75. The summed E-state index contributed by atoms with van der Waals surface area (Å²) in [4.78, 5) is 16.2. The molecule has 0 unspecified atom stereocenters. The molecule has 1 heterocycles. The third kappa shape index (κ3) is 3.06. The maximum Gasteiger partial charge on any atom is 0.238 e. The minimum atomic E-state index is -0.0542. The third-order valence-electron chi connectivity index (χ3n) is 6.61. The van der Waals surface area contributed by atoms with Gasteiger partial charge in [0.1, 0.15) is 0 Å². The molecule has 0 spiro atoms. The lowest BCUT2D eigenvalue weighted by Crippen LogP contribution is -2.55. The van der Waals surface area contributed by atoms with Crippen LogP contribution in [0, 0.1) is 23.2 Å². The lowest BCUT2D eigenvalue weighted by atomic mass is 9.48. The number of nitrogens with zero attached hydrogens (tertiary/aromatic N) is 1. The second kappa shape index (κ2) is 6.30. The first-order valence-corrected chi connectivity index (χ1v) is 9.55. The van der Waals surface area contributed by atoms with Gasteiger partial charge in [0.05, 0.1) is 12.2 Å². The molecule has 130 valence electrons. The SMILES string of the molecule is C[C@@H](NCC(=O)Nc1cccnc1Cl)C12CC3CC(CC(C3)C1)C2. The lowest BCUT2D eigenvalue weighted by molar-refractivity contribution is -0.116. The van der Waals surface area contributed by atoms with E-state index in [0.717, 1.165) is 17.8 Å². The van der Waals surface area contributed by atoms with Crippen molar-refractivity contribution in [2.75, 3.05) is 11.9 Å². The van der Waals surface area contributed by atoms with Crippen LogP contribution >= 0.6 is 11.6 Å². The van der Waals surface area contributed by atoms with E-state index in [1.807, 2.05) is 0 Å². The molecule has 4 aliphatic carbocycles. The fraction of sp³-hybridized carbons (Fsp3) is 0.684. The fourth-order valence-electron chi connectivity index (χ4n) is 5.84. The van der Waals surface area contributed by atoms with Gasteiger partial charge in [0, 0.05) is 12.2 Å². The molecule has 4 fully saturated rings. The fourth-order valence-corrected chi connectivity index (χ4v) is 6.01. The van der Waals surface area contributed by atoms with Crippen molar-refractivity contribution in [3.05, 3.63) is 23.5 Å². The van der Waals surface area contributed by atoms with Crippen LogP contribution in [0.1, 0.15) is 45.4 Å². The highest BCUT2D eigenvalue weighted by atomic mass is 35.5. The average molecular weight is 348 g/mol. The van der Waals surface area contributed by atoms with Gasteiger partial charge in [0.2, 0.25) is 5.91 Å². The predicted octanol–water partition coefficient (Wildman–Crippen LogP) is 3.87. The number of hydrogen-bond donors (Lipinski definition) is 2. The van der Waals surface area contributed by atoms with Crippen LogP contribution in [0.5, 0.6) is 0 Å². The van der Waals surface area contributed by atoms with E-state index in [-0.39, 0.29) is 5.91 Å². The minimum Gasteiger partial charge on any atom is -0.322 e. The van der Waals surface area contributed by atoms with Gasteiger partial charge in [-0.2, -0.15) is 0 Å². The summed E-state index contributed by atoms with van der Waals surface area (Å²) >= 11 is 6.00. The molecule has 5 heteroatoms. The molecule has 1 aromatic rings. The first-order valence-electron chi connectivity index (χ1n) is 9.18. The van der Waals surface area contributed by atoms with Gasteiger partial charge in [-0.05, 0) is 80.8 Å². The van der Waals surface area contributed by atoms with Crippen LogP contribution in [0.25, 0.3) is 0 Å². The zero-order valence-corrected chi connectivity index (χ0v) is 15.0. The van der Waals surface area contributed by atoms with Gasteiger partial charge in [0.15, 0.2) is 5.15 Å². The number of anilines is 1. The summed E-state index contributed by atoms with van der Waals surface area (Å²) < 4.78 is 0. The summed E-state index contributed by atoms with van der Waals surface area (Å²) in [5, 5.41) is 6.68. The summed E-state index contributed by atoms with van der Waals surface area (Å²) in [6.45, 7) is 2.60. The van der Waals surface area contributed by atoms with Crippen molar-refractivity contribution < 1.29 is 4.79 Å². The molecule has 1 aromatic heterocycles. The van der Waals surface area contributed by atoms with E-state index < -0.39 is 0 Å². The third-order valence-corrected chi connectivity index (χ3v) is 6.91. The van der Waals surface area contributed by atoms with Crippen molar-refractivity contribution in [1.29, 1.82) is 0 Å². The molecule has 5 rings (SSSR count). The maximum absolute atomic E-state index is 12.2.